The fourth-order valence-electron chi connectivity index (χ4n) is 0.921. The summed E-state index contributed by atoms with van der Waals surface area (Å²) in [5, 5.41) is 11.7. The van der Waals surface area contributed by atoms with Gasteiger partial charge in [-0.15, -0.1) is 0 Å². The molecule has 1 aromatic rings. The third-order valence-electron chi connectivity index (χ3n) is 1.64. The van der Waals surface area contributed by atoms with Crippen LogP contribution in [0.15, 0.2) is 36.2 Å². The van der Waals surface area contributed by atoms with Gasteiger partial charge < -0.3 is 10.4 Å². The van der Waals surface area contributed by atoms with Crippen LogP contribution in [0, 0.1) is 6.92 Å². The highest BCUT2D eigenvalue weighted by atomic mass is 16.3. The van der Waals surface area contributed by atoms with Gasteiger partial charge in [0.2, 0.25) is 0 Å². The van der Waals surface area contributed by atoms with Crippen LogP contribution < -0.4 is 5.32 Å². The van der Waals surface area contributed by atoms with Crippen LogP contribution in [0.3, 0.4) is 0 Å². The number of aldehydes is 1. The molecule has 0 aromatic heterocycles. The molecule has 0 spiro atoms. The van der Waals surface area contributed by atoms with E-state index in [9.17, 15) is 4.79 Å². The molecule has 0 heterocycles. The zero-order chi connectivity index (χ0) is 9.68. The summed E-state index contributed by atoms with van der Waals surface area (Å²) < 4.78 is 0. The van der Waals surface area contributed by atoms with Crippen molar-refractivity contribution in [1.29, 1.82) is 0 Å². The number of allylic oxidation sites excluding steroid dienone is 1. The standard InChI is InChI=1S/C10H11NO2/c1-8-4-2-3-5-10(8)11-6-9(13)7-12/h2-7,11,13H,1H3/b9-6+. The number of hydrogen-bond acceptors (Lipinski definition) is 3. The first-order valence-corrected chi connectivity index (χ1v) is 3.90. The summed E-state index contributed by atoms with van der Waals surface area (Å²) in [6.07, 6.45) is 1.64. The maximum Gasteiger partial charge on any atom is 0.185 e. The molecule has 68 valence electrons. The highest BCUT2D eigenvalue weighted by Crippen LogP contribution is 2.12. The quantitative estimate of drug-likeness (QED) is 0.422. The van der Waals surface area contributed by atoms with E-state index >= 15 is 0 Å². The third kappa shape index (κ3) is 2.63. The predicted octanol–water partition coefficient (Wildman–Crippen LogP) is 2.01. The van der Waals surface area contributed by atoms with Gasteiger partial charge in [0.1, 0.15) is 0 Å². The number of rotatable bonds is 3. The molecule has 1 aromatic carbocycles. The first kappa shape index (κ1) is 9.32. The Bertz CT molecular complexity index is 331. The number of hydrogen-bond donors (Lipinski definition) is 2. The molecule has 0 fully saturated rings. The molecule has 0 aliphatic rings. The van der Waals surface area contributed by atoms with Crippen molar-refractivity contribution in [2.75, 3.05) is 5.32 Å². The van der Waals surface area contributed by atoms with Crippen LogP contribution in [0.5, 0.6) is 0 Å². The normalized spacial score (nSPS) is 11.0. The lowest BCUT2D eigenvalue weighted by atomic mass is 10.2. The molecule has 3 heteroatoms. The van der Waals surface area contributed by atoms with Gasteiger partial charge in [-0.2, -0.15) is 0 Å². The summed E-state index contributed by atoms with van der Waals surface area (Å²) in [6, 6.07) is 7.60. The van der Waals surface area contributed by atoms with Crippen LogP contribution >= 0.6 is 0 Å². The lowest BCUT2D eigenvalue weighted by Gasteiger charge is -2.03. The van der Waals surface area contributed by atoms with E-state index in [4.69, 9.17) is 5.11 Å². The number of para-hydroxylation sites is 1. The molecule has 0 saturated heterocycles. The van der Waals surface area contributed by atoms with Crippen LogP contribution in [-0.2, 0) is 4.79 Å². The Hall–Kier alpha value is -1.77. The van der Waals surface area contributed by atoms with Gasteiger partial charge >= 0.3 is 0 Å². The maximum absolute atomic E-state index is 10.1. The van der Waals surface area contributed by atoms with Gasteiger partial charge in [0.05, 0.1) is 0 Å². The van der Waals surface area contributed by atoms with Gasteiger partial charge in [-0.3, -0.25) is 4.79 Å². The number of aliphatic hydroxyl groups excluding tert-OH is 1. The van der Waals surface area contributed by atoms with Gasteiger partial charge in [-0.25, -0.2) is 0 Å². The minimum atomic E-state index is -0.316. The fourth-order valence-corrected chi connectivity index (χ4v) is 0.921. The fraction of sp³-hybridized carbons (Fsp3) is 0.100. The van der Waals surface area contributed by atoms with Gasteiger partial charge in [0, 0.05) is 11.9 Å². The lowest BCUT2D eigenvalue weighted by molar-refractivity contribution is -0.106. The molecule has 13 heavy (non-hydrogen) atoms. The largest absolute Gasteiger partial charge is 0.504 e. The third-order valence-corrected chi connectivity index (χ3v) is 1.64. The Labute approximate surface area is 76.7 Å². The van der Waals surface area contributed by atoms with E-state index in [1.54, 1.807) is 0 Å². The Kier molecular flexibility index (Phi) is 3.09. The monoisotopic (exact) mass is 177 g/mol. The lowest BCUT2D eigenvalue weighted by Crippen LogP contribution is -1.93. The second kappa shape index (κ2) is 4.30. The van der Waals surface area contributed by atoms with Crippen LogP contribution in [0.1, 0.15) is 5.56 Å². The SMILES string of the molecule is Cc1ccccc1N/C=C(/O)C=O. The average Bonchev–Trinajstić information content (AvgIpc) is 2.16. The molecular formula is C10H11NO2. The van der Waals surface area contributed by atoms with E-state index in [2.05, 4.69) is 5.32 Å². The van der Waals surface area contributed by atoms with Gasteiger partial charge in [-0.1, -0.05) is 18.2 Å². The van der Waals surface area contributed by atoms with Crippen molar-refractivity contribution in [2.24, 2.45) is 0 Å². The summed E-state index contributed by atoms with van der Waals surface area (Å²) >= 11 is 0. The number of carbonyl (C=O) groups is 1. The molecular weight excluding hydrogens is 166 g/mol. The summed E-state index contributed by atoms with van der Waals surface area (Å²) in [5.41, 5.74) is 1.92. The number of aryl methyl sites for hydroxylation is 1. The highest BCUT2D eigenvalue weighted by molar-refractivity contribution is 5.70. The van der Waals surface area contributed by atoms with E-state index in [-0.39, 0.29) is 5.76 Å². The van der Waals surface area contributed by atoms with Gasteiger partial charge in [0.25, 0.3) is 0 Å². The molecule has 3 nitrogen and oxygen atoms in total. The predicted molar refractivity (Wildman–Crippen MR) is 51.6 cm³/mol. The van der Waals surface area contributed by atoms with Crippen molar-refractivity contribution in [2.45, 2.75) is 6.92 Å². The second-order valence-electron chi connectivity index (χ2n) is 2.65. The Morgan fingerprint density at radius 3 is 2.77 bits per heavy atom. The van der Waals surface area contributed by atoms with E-state index in [1.807, 2.05) is 31.2 Å². The number of anilines is 1. The Morgan fingerprint density at radius 2 is 2.15 bits per heavy atom. The molecule has 0 bridgehead atoms. The molecule has 0 aliphatic carbocycles. The molecule has 2 N–H and O–H groups in total. The topological polar surface area (TPSA) is 49.3 Å². The van der Waals surface area contributed by atoms with Crippen molar-refractivity contribution in [1.82, 2.24) is 0 Å². The summed E-state index contributed by atoms with van der Waals surface area (Å²) in [4.78, 5) is 10.1. The van der Waals surface area contributed by atoms with Crippen LogP contribution in [-0.4, -0.2) is 11.4 Å². The van der Waals surface area contributed by atoms with Crippen molar-refractivity contribution in [3.8, 4) is 0 Å². The van der Waals surface area contributed by atoms with Crippen molar-refractivity contribution >= 4 is 12.0 Å². The van der Waals surface area contributed by atoms with Crippen molar-refractivity contribution < 1.29 is 9.90 Å². The molecule has 0 atom stereocenters. The van der Waals surface area contributed by atoms with Gasteiger partial charge in [-0.05, 0) is 18.6 Å². The molecule has 0 unspecified atom stereocenters. The molecule has 0 radical (unpaired) electrons. The molecule has 0 aliphatic heterocycles. The maximum atomic E-state index is 10.1. The van der Waals surface area contributed by atoms with Crippen LogP contribution in [0.25, 0.3) is 0 Å². The van der Waals surface area contributed by atoms with E-state index < -0.39 is 0 Å². The summed E-state index contributed by atoms with van der Waals surface area (Å²) in [7, 11) is 0. The zero-order valence-electron chi connectivity index (χ0n) is 7.32. The van der Waals surface area contributed by atoms with E-state index in [0.29, 0.717) is 6.29 Å². The average molecular weight is 177 g/mol. The van der Waals surface area contributed by atoms with E-state index in [0.717, 1.165) is 11.3 Å². The summed E-state index contributed by atoms with van der Waals surface area (Å²) in [5.74, 6) is -0.316. The first-order chi connectivity index (χ1) is 6.24. The Morgan fingerprint density at radius 1 is 1.46 bits per heavy atom. The zero-order valence-corrected chi connectivity index (χ0v) is 7.32. The molecule has 0 saturated carbocycles. The Balaban J connectivity index is 2.75. The van der Waals surface area contributed by atoms with Crippen LogP contribution in [0.2, 0.25) is 0 Å². The molecule has 1 rings (SSSR count). The van der Waals surface area contributed by atoms with Crippen molar-refractivity contribution in [3.63, 3.8) is 0 Å². The minimum Gasteiger partial charge on any atom is -0.504 e. The molecule has 0 amide bonds. The second-order valence-corrected chi connectivity index (χ2v) is 2.65. The smallest absolute Gasteiger partial charge is 0.185 e. The minimum absolute atomic E-state index is 0.316. The first-order valence-electron chi connectivity index (χ1n) is 3.90. The highest BCUT2D eigenvalue weighted by Gasteiger charge is 1.93. The van der Waals surface area contributed by atoms with Crippen molar-refractivity contribution in [3.05, 3.63) is 41.8 Å². The van der Waals surface area contributed by atoms with Crippen LogP contribution in [0.4, 0.5) is 5.69 Å². The number of aliphatic hydroxyl groups is 1. The number of benzene rings is 1. The number of carbonyl (C=O) groups excluding carboxylic acids is 1. The van der Waals surface area contributed by atoms with E-state index in [1.165, 1.54) is 6.20 Å². The van der Waals surface area contributed by atoms with Gasteiger partial charge in [0.15, 0.2) is 12.0 Å². The summed E-state index contributed by atoms with van der Waals surface area (Å²) in [6.45, 7) is 1.94. The number of nitrogens with one attached hydrogen (secondary N) is 1.